The van der Waals surface area contributed by atoms with Crippen LogP contribution in [0.4, 0.5) is 5.69 Å². The minimum Gasteiger partial charge on any atom is -0.355 e. The Balaban J connectivity index is 1.70. The Morgan fingerprint density at radius 1 is 0.960 bits per heavy atom. The Hall–Kier alpha value is -3.28. The molecule has 0 spiro atoms. The highest BCUT2D eigenvalue weighted by molar-refractivity contribution is 6.34. The van der Waals surface area contributed by atoms with Gasteiger partial charge < -0.3 is 5.32 Å². The summed E-state index contributed by atoms with van der Waals surface area (Å²) in [6, 6.07) is 13.1. The number of rotatable bonds is 3. The van der Waals surface area contributed by atoms with E-state index in [1.807, 2.05) is 0 Å². The van der Waals surface area contributed by atoms with Gasteiger partial charge in [-0.15, -0.1) is 0 Å². The normalized spacial score (nSPS) is 19.1. The summed E-state index contributed by atoms with van der Waals surface area (Å²) in [5.41, 5.74) is 1.22. The summed E-state index contributed by atoms with van der Waals surface area (Å²) in [6.45, 7) is 0.472. The second-order valence-electron chi connectivity index (χ2n) is 6.04. The Labute approximate surface area is 143 Å². The monoisotopic (exact) mass is 334 g/mol. The molecular formula is C19H14N2O4. The van der Waals surface area contributed by atoms with Gasteiger partial charge in [0.15, 0.2) is 5.78 Å². The lowest BCUT2D eigenvalue weighted by Crippen LogP contribution is -2.29. The molecular weight excluding hydrogens is 320 g/mol. The van der Waals surface area contributed by atoms with Crippen LogP contribution in [0.2, 0.25) is 0 Å². The number of carbonyl (C=O) groups is 4. The van der Waals surface area contributed by atoms with Crippen LogP contribution in [0.5, 0.6) is 0 Å². The van der Waals surface area contributed by atoms with Crippen molar-refractivity contribution in [2.45, 2.75) is 6.42 Å². The van der Waals surface area contributed by atoms with Gasteiger partial charge in [0.25, 0.3) is 11.8 Å². The lowest BCUT2D eigenvalue weighted by Gasteiger charge is -2.13. The largest absolute Gasteiger partial charge is 0.355 e. The van der Waals surface area contributed by atoms with E-state index in [1.165, 1.54) is 18.2 Å². The molecule has 2 heterocycles. The average molecular weight is 334 g/mol. The molecule has 0 radical (unpaired) electrons. The van der Waals surface area contributed by atoms with Crippen LogP contribution in [0, 0.1) is 5.92 Å². The van der Waals surface area contributed by atoms with Crippen LogP contribution < -0.4 is 10.2 Å². The van der Waals surface area contributed by atoms with Crippen molar-refractivity contribution in [3.63, 3.8) is 0 Å². The third-order valence-corrected chi connectivity index (χ3v) is 4.55. The molecule has 0 saturated carbocycles. The molecule has 1 saturated heterocycles. The number of nitrogens with one attached hydrogen (secondary N) is 1. The van der Waals surface area contributed by atoms with E-state index >= 15 is 0 Å². The van der Waals surface area contributed by atoms with Gasteiger partial charge in [-0.2, -0.15) is 0 Å². The lowest BCUT2D eigenvalue weighted by atomic mass is 9.94. The molecule has 0 aliphatic carbocycles. The zero-order valence-corrected chi connectivity index (χ0v) is 13.2. The number of para-hydroxylation sites is 1. The van der Waals surface area contributed by atoms with E-state index < -0.39 is 17.7 Å². The molecule has 6 heteroatoms. The first-order chi connectivity index (χ1) is 12.1. The fourth-order valence-electron chi connectivity index (χ4n) is 3.25. The van der Waals surface area contributed by atoms with Crippen molar-refractivity contribution in [1.29, 1.82) is 0 Å². The summed E-state index contributed by atoms with van der Waals surface area (Å²) < 4.78 is 0. The maximum absolute atomic E-state index is 12.7. The molecule has 25 heavy (non-hydrogen) atoms. The molecule has 1 N–H and O–H groups in total. The van der Waals surface area contributed by atoms with E-state index in [4.69, 9.17) is 0 Å². The van der Waals surface area contributed by atoms with E-state index in [0.717, 1.165) is 4.90 Å². The molecule has 6 nitrogen and oxygen atoms in total. The van der Waals surface area contributed by atoms with Crippen molar-refractivity contribution in [1.82, 2.24) is 5.32 Å². The predicted molar refractivity (Wildman–Crippen MR) is 89.5 cm³/mol. The number of fused-ring (bicyclic) bond motifs is 1. The van der Waals surface area contributed by atoms with Crippen molar-refractivity contribution in [3.8, 4) is 0 Å². The summed E-state index contributed by atoms with van der Waals surface area (Å²) in [5.74, 6) is -2.22. The van der Waals surface area contributed by atoms with Gasteiger partial charge in [0.2, 0.25) is 5.91 Å². The second kappa shape index (κ2) is 5.66. The number of ketones is 1. The number of nitrogens with zero attached hydrogens (tertiary/aromatic N) is 1. The molecule has 3 amide bonds. The topological polar surface area (TPSA) is 83.6 Å². The van der Waals surface area contributed by atoms with Crippen molar-refractivity contribution in [2.24, 2.45) is 5.92 Å². The molecule has 4 rings (SSSR count). The van der Waals surface area contributed by atoms with Crippen molar-refractivity contribution in [3.05, 3.63) is 65.2 Å². The van der Waals surface area contributed by atoms with E-state index in [1.54, 1.807) is 30.3 Å². The van der Waals surface area contributed by atoms with Crippen LogP contribution >= 0.6 is 0 Å². The molecule has 0 aromatic heterocycles. The summed E-state index contributed by atoms with van der Waals surface area (Å²) in [5, 5.41) is 2.63. The maximum atomic E-state index is 12.7. The first-order valence-corrected chi connectivity index (χ1v) is 7.98. The number of benzene rings is 2. The number of Topliss-reactive ketones (excluding diaryl/α,β-unsaturated/α-hetero) is 1. The minimum atomic E-state index is -0.726. The van der Waals surface area contributed by atoms with Crippen LogP contribution in [0.15, 0.2) is 48.5 Å². The van der Waals surface area contributed by atoms with Crippen molar-refractivity contribution < 1.29 is 19.2 Å². The van der Waals surface area contributed by atoms with E-state index in [2.05, 4.69) is 5.32 Å². The highest BCUT2D eigenvalue weighted by Gasteiger charge is 2.38. The summed E-state index contributed by atoms with van der Waals surface area (Å²) >= 11 is 0. The number of anilines is 1. The first-order valence-electron chi connectivity index (χ1n) is 7.98. The lowest BCUT2D eigenvalue weighted by molar-refractivity contribution is -0.121. The summed E-state index contributed by atoms with van der Waals surface area (Å²) in [7, 11) is 0. The second-order valence-corrected chi connectivity index (χ2v) is 6.04. The molecule has 1 atom stereocenters. The Morgan fingerprint density at radius 3 is 2.36 bits per heavy atom. The molecule has 1 unspecified atom stereocenters. The van der Waals surface area contributed by atoms with E-state index in [9.17, 15) is 19.2 Å². The van der Waals surface area contributed by atoms with Crippen LogP contribution in [0.25, 0.3) is 0 Å². The average Bonchev–Trinajstić information content (AvgIpc) is 3.17. The smallest absolute Gasteiger partial charge is 0.266 e. The zero-order valence-electron chi connectivity index (χ0n) is 13.2. The Kier molecular flexibility index (Phi) is 3.46. The van der Waals surface area contributed by atoms with Crippen molar-refractivity contribution >= 4 is 29.2 Å². The summed E-state index contributed by atoms with van der Waals surface area (Å²) in [6.07, 6.45) is 0.442. The van der Waals surface area contributed by atoms with E-state index in [-0.39, 0.29) is 28.4 Å². The van der Waals surface area contributed by atoms with Gasteiger partial charge in [-0.25, -0.2) is 4.90 Å². The molecule has 0 bridgehead atoms. The van der Waals surface area contributed by atoms with Gasteiger partial charge in [0.1, 0.15) is 5.92 Å². The van der Waals surface area contributed by atoms with Gasteiger partial charge in [0, 0.05) is 12.1 Å². The highest BCUT2D eigenvalue weighted by Crippen LogP contribution is 2.29. The van der Waals surface area contributed by atoms with Crippen LogP contribution in [-0.2, 0) is 4.79 Å². The quantitative estimate of drug-likeness (QED) is 0.527. The van der Waals surface area contributed by atoms with Crippen LogP contribution in [0.1, 0.15) is 37.5 Å². The van der Waals surface area contributed by atoms with E-state index in [0.29, 0.717) is 18.7 Å². The minimum absolute atomic E-state index is 0.193. The molecule has 124 valence electrons. The molecule has 2 aliphatic rings. The number of hydrogen-bond acceptors (Lipinski definition) is 4. The predicted octanol–water partition coefficient (Wildman–Crippen LogP) is 1.81. The van der Waals surface area contributed by atoms with Crippen LogP contribution in [0.3, 0.4) is 0 Å². The van der Waals surface area contributed by atoms with Crippen LogP contribution in [-0.4, -0.2) is 30.0 Å². The fraction of sp³-hybridized carbons (Fsp3) is 0.158. The molecule has 1 fully saturated rings. The molecule has 2 aromatic carbocycles. The third-order valence-electron chi connectivity index (χ3n) is 4.55. The molecule has 2 aliphatic heterocycles. The third kappa shape index (κ3) is 2.34. The van der Waals surface area contributed by atoms with Gasteiger partial charge in [-0.1, -0.05) is 24.3 Å². The highest BCUT2D eigenvalue weighted by atomic mass is 16.2. The fourth-order valence-corrected chi connectivity index (χ4v) is 3.25. The van der Waals surface area contributed by atoms with Gasteiger partial charge in [0.05, 0.1) is 16.8 Å². The summed E-state index contributed by atoms with van der Waals surface area (Å²) in [4.78, 5) is 50.6. The van der Waals surface area contributed by atoms with Gasteiger partial charge >= 0.3 is 0 Å². The number of hydrogen-bond donors (Lipinski definition) is 1. The van der Waals surface area contributed by atoms with Crippen molar-refractivity contribution in [2.75, 3.05) is 11.4 Å². The van der Waals surface area contributed by atoms with Gasteiger partial charge in [-0.3, -0.25) is 19.2 Å². The maximum Gasteiger partial charge on any atom is 0.266 e. The number of imide groups is 1. The Bertz CT molecular complexity index is 920. The van der Waals surface area contributed by atoms with Gasteiger partial charge in [-0.05, 0) is 30.7 Å². The zero-order chi connectivity index (χ0) is 17.6. The molecule has 2 aromatic rings. The number of amides is 3. The standard InChI is InChI=1S/C19H14N2O4/c22-16(14-8-9-20-17(14)23)11-6-7-13-15(10-11)19(25)21(18(13)24)12-4-2-1-3-5-12/h1-7,10,14H,8-9H2,(H,20,23). The Morgan fingerprint density at radius 2 is 1.68 bits per heavy atom. The SMILES string of the molecule is O=C1NCCC1C(=O)c1ccc2c(c1)C(=O)N(c1ccccc1)C2=O. The number of carbonyl (C=O) groups excluding carboxylic acids is 4. The first kappa shape index (κ1) is 15.3.